The fourth-order valence-electron chi connectivity index (χ4n) is 1.53. The number of benzene rings is 2. The Morgan fingerprint density at radius 1 is 0.947 bits per heavy atom. The zero-order valence-electron chi connectivity index (χ0n) is 9.74. The zero-order chi connectivity index (χ0) is 13.8. The van der Waals surface area contributed by atoms with E-state index in [0.29, 0.717) is 20.6 Å². The van der Waals surface area contributed by atoms with Crippen LogP contribution < -0.4 is 0 Å². The smallest absolute Gasteiger partial charge is 0.185 e. The van der Waals surface area contributed by atoms with Crippen LogP contribution in [0.25, 0.3) is 6.08 Å². The van der Waals surface area contributed by atoms with E-state index in [-0.39, 0.29) is 5.78 Å². The van der Waals surface area contributed by atoms with Gasteiger partial charge in [-0.3, -0.25) is 4.79 Å². The second-order valence-corrected chi connectivity index (χ2v) is 5.13. The molecular weight excluding hydrogens is 303 g/mol. The Labute approximate surface area is 126 Å². The van der Waals surface area contributed by atoms with Gasteiger partial charge in [0.25, 0.3) is 0 Å². The van der Waals surface area contributed by atoms with Gasteiger partial charge in [0.05, 0.1) is 10.0 Å². The van der Waals surface area contributed by atoms with Crippen LogP contribution in [-0.2, 0) is 0 Å². The summed E-state index contributed by atoms with van der Waals surface area (Å²) in [7, 11) is 0. The third kappa shape index (κ3) is 3.84. The lowest BCUT2D eigenvalue weighted by Gasteiger charge is -1.99. The summed E-state index contributed by atoms with van der Waals surface area (Å²) in [5.41, 5.74) is 1.36. The Hall–Kier alpha value is -1.28. The molecule has 0 aliphatic carbocycles. The van der Waals surface area contributed by atoms with Gasteiger partial charge >= 0.3 is 0 Å². The van der Waals surface area contributed by atoms with Crippen LogP contribution in [-0.4, -0.2) is 5.78 Å². The van der Waals surface area contributed by atoms with E-state index in [9.17, 15) is 4.79 Å². The van der Waals surface area contributed by atoms with Gasteiger partial charge in [-0.05, 0) is 42.0 Å². The molecule has 19 heavy (non-hydrogen) atoms. The number of carbonyl (C=O) groups is 1. The van der Waals surface area contributed by atoms with Crippen molar-refractivity contribution in [2.24, 2.45) is 0 Å². The highest BCUT2D eigenvalue weighted by atomic mass is 35.5. The predicted molar refractivity (Wildman–Crippen MR) is 81.3 cm³/mol. The Bertz CT molecular complexity index is 648. The number of hydrogen-bond donors (Lipinski definition) is 0. The van der Waals surface area contributed by atoms with Crippen molar-refractivity contribution in [2.75, 3.05) is 0 Å². The molecule has 0 N–H and O–H groups in total. The summed E-state index contributed by atoms with van der Waals surface area (Å²) in [5.74, 6) is -0.140. The van der Waals surface area contributed by atoms with Gasteiger partial charge in [-0.1, -0.05) is 53.0 Å². The van der Waals surface area contributed by atoms with Gasteiger partial charge in [0.15, 0.2) is 5.78 Å². The third-order valence-corrected chi connectivity index (χ3v) is 3.45. The minimum atomic E-state index is -0.140. The van der Waals surface area contributed by atoms with Crippen molar-refractivity contribution in [3.8, 4) is 0 Å². The molecule has 0 fully saturated rings. The van der Waals surface area contributed by atoms with E-state index in [1.165, 1.54) is 6.08 Å². The molecule has 1 nitrogen and oxygen atoms in total. The van der Waals surface area contributed by atoms with Gasteiger partial charge in [-0.15, -0.1) is 0 Å². The van der Waals surface area contributed by atoms with Crippen LogP contribution in [0, 0.1) is 0 Å². The molecule has 0 spiro atoms. The second kappa shape index (κ2) is 6.25. The van der Waals surface area contributed by atoms with Crippen LogP contribution in [0.2, 0.25) is 15.1 Å². The minimum Gasteiger partial charge on any atom is -0.289 e. The molecule has 2 aromatic carbocycles. The molecule has 0 saturated heterocycles. The monoisotopic (exact) mass is 310 g/mol. The number of rotatable bonds is 3. The fourth-order valence-corrected chi connectivity index (χ4v) is 2.02. The lowest BCUT2D eigenvalue weighted by Crippen LogP contribution is -1.93. The van der Waals surface area contributed by atoms with Crippen molar-refractivity contribution in [1.29, 1.82) is 0 Å². The Kier molecular flexibility index (Phi) is 4.65. The zero-order valence-corrected chi connectivity index (χ0v) is 12.0. The highest BCUT2D eigenvalue weighted by Crippen LogP contribution is 2.23. The standard InChI is InChI=1S/C15H9Cl3O/c16-12-3-1-2-10(8-12)4-7-15(19)11-5-6-13(17)14(18)9-11/h1-9H. The number of allylic oxidation sites excluding steroid dienone is 1. The third-order valence-electron chi connectivity index (χ3n) is 2.48. The van der Waals surface area contributed by atoms with Crippen molar-refractivity contribution < 1.29 is 4.79 Å². The highest BCUT2D eigenvalue weighted by molar-refractivity contribution is 6.42. The average molecular weight is 312 g/mol. The fraction of sp³-hybridized carbons (Fsp3) is 0. The van der Waals surface area contributed by atoms with E-state index in [2.05, 4.69) is 0 Å². The van der Waals surface area contributed by atoms with Crippen LogP contribution in [0.3, 0.4) is 0 Å². The van der Waals surface area contributed by atoms with Crippen LogP contribution in [0.1, 0.15) is 15.9 Å². The molecule has 0 aliphatic heterocycles. The Morgan fingerprint density at radius 3 is 2.42 bits per heavy atom. The molecule has 0 unspecified atom stereocenters. The molecule has 96 valence electrons. The first-order chi connectivity index (χ1) is 9.06. The highest BCUT2D eigenvalue weighted by Gasteiger charge is 2.05. The molecule has 0 aromatic heterocycles. The number of carbonyl (C=O) groups excluding carboxylic acids is 1. The van der Waals surface area contributed by atoms with Gasteiger partial charge < -0.3 is 0 Å². The normalized spacial score (nSPS) is 10.9. The Morgan fingerprint density at radius 2 is 1.74 bits per heavy atom. The summed E-state index contributed by atoms with van der Waals surface area (Å²) < 4.78 is 0. The van der Waals surface area contributed by atoms with Gasteiger partial charge in [-0.2, -0.15) is 0 Å². The van der Waals surface area contributed by atoms with Gasteiger partial charge in [0.1, 0.15) is 0 Å². The molecule has 0 bridgehead atoms. The van der Waals surface area contributed by atoms with Crippen LogP contribution in [0.4, 0.5) is 0 Å². The molecule has 0 heterocycles. The first kappa shape index (κ1) is 14.1. The summed E-state index contributed by atoms with van der Waals surface area (Å²) in [6, 6.07) is 12.0. The molecule has 0 atom stereocenters. The van der Waals surface area contributed by atoms with Gasteiger partial charge in [-0.25, -0.2) is 0 Å². The summed E-state index contributed by atoms with van der Waals surface area (Å²) >= 11 is 17.5. The molecule has 0 aliphatic rings. The number of ketones is 1. The van der Waals surface area contributed by atoms with Crippen molar-refractivity contribution in [2.45, 2.75) is 0 Å². The predicted octanol–water partition coefficient (Wildman–Crippen LogP) is 5.54. The maximum absolute atomic E-state index is 11.9. The van der Waals surface area contributed by atoms with Gasteiger partial charge in [0, 0.05) is 10.6 Å². The quantitative estimate of drug-likeness (QED) is 0.537. The summed E-state index contributed by atoms with van der Waals surface area (Å²) in [6.07, 6.45) is 3.18. The van der Waals surface area contributed by atoms with Crippen molar-refractivity contribution in [1.82, 2.24) is 0 Å². The molecule has 0 amide bonds. The maximum atomic E-state index is 11.9. The number of halogens is 3. The second-order valence-electron chi connectivity index (χ2n) is 3.88. The average Bonchev–Trinajstić information content (AvgIpc) is 2.39. The molecule has 0 radical (unpaired) electrons. The van der Waals surface area contributed by atoms with Crippen molar-refractivity contribution in [3.05, 3.63) is 74.7 Å². The SMILES string of the molecule is O=C(C=Cc1cccc(Cl)c1)c1ccc(Cl)c(Cl)c1. The van der Waals surface area contributed by atoms with Crippen LogP contribution in [0.15, 0.2) is 48.5 Å². The van der Waals surface area contributed by atoms with E-state index in [4.69, 9.17) is 34.8 Å². The molecule has 2 aromatic rings. The minimum absolute atomic E-state index is 0.140. The lowest BCUT2D eigenvalue weighted by atomic mass is 10.1. The Balaban J connectivity index is 2.19. The van der Waals surface area contributed by atoms with E-state index in [1.807, 2.05) is 12.1 Å². The molecule has 4 heteroatoms. The van der Waals surface area contributed by atoms with E-state index in [0.717, 1.165) is 5.56 Å². The largest absolute Gasteiger partial charge is 0.289 e. The van der Waals surface area contributed by atoms with Gasteiger partial charge in [0.2, 0.25) is 0 Å². The number of hydrogen-bond acceptors (Lipinski definition) is 1. The summed E-state index contributed by atoms with van der Waals surface area (Å²) in [5, 5.41) is 1.42. The first-order valence-electron chi connectivity index (χ1n) is 5.49. The van der Waals surface area contributed by atoms with Crippen molar-refractivity contribution >= 4 is 46.7 Å². The molecular formula is C15H9Cl3O. The molecule has 2 rings (SSSR count). The van der Waals surface area contributed by atoms with Crippen molar-refractivity contribution in [3.63, 3.8) is 0 Å². The maximum Gasteiger partial charge on any atom is 0.185 e. The van der Waals surface area contributed by atoms with Crippen LogP contribution in [0.5, 0.6) is 0 Å². The topological polar surface area (TPSA) is 17.1 Å². The summed E-state index contributed by atoms with van der Waals surface area (Å²) in [6.45, 7) is 0. The van der Waals surface area contributed by atoms with E-state index in [1.54, 1.807) is 36.4 Å². The molecule has 0 saturated carbocycles. The van der Waals surface area contributed by atoms with E-state index < -0.39 is 0 Å². The first-order valence-corrected chi connectivity index (χ1v) is 6.63. The summed E-state index contributed by atoms with van der Waals surface area (Å²) in [4.78, 5) is 11.9. The lowest BCUT2D eigenvalue weighted by molar-refractivity contribution is 0.104. The van der Waals surface area contributed by atoms with E-state index >= 15 is 0 Å². The van der Waals surface area contributed by atoms with Crippen LogP contribution >= 0.6 is 34.8 Å².